The molecule has 0 saturated carbocycles. The first-order valence-corrected chi connectivity index (χ1v) is 10.7. The highest BCUT2D eigenvalue weighted by molar-refractivity contribution is 5.43. The molecule has 1 heterocycles. The number of hydrogen-bond donors (Lipinski definition) is 4. The molecule has 2 aromatic rings. The molecule has 2 aromatic carbocycles. The summed E-state index contributed by atoms with van der Waals surface area (Å²) in [6, 6.07) is 13.8. The molecule has 3 rings (SSSR count). The van der Waals surface area contributed by atoms with Crippen molar-refractivity contribution in [3.63, 3.8) is 0 Å². The summed E-state index contributed by atoms with van der Waals surface area (Å²) in [5.74, 6) is 1.03. The molecule has 1 fully saturated rings. The van der Waals surface area contributed by atoms with E-state index in [-0.39, 0.29) is 0 Å². The van der Waals surface area contributed by atoms with E-state index in [4.69, 9.17) is 14.2 Å². The predicted octanol–water partition coefficient (Wildman–Crippen LogP) is 1.81. The fraction of sp³-hybridized carbons (Fsp3) is 0.500. The summed E-state index contributed by atoms with van der Waals surface area (Å²) < 4.78 is 17.2. The molecule has 0 aliphatic carbocycles. The van der Waals surface area contributed by atoms with Gasteiger partial charge in [0.25, 0.3) is 0 Å². The van der Waals surface area contributed by atoms with Crippen LogP contribution in [0.4, 0.5) is 0 Å². The quantitative estimate of drug-likeness (QED) is 0.504. The van der Waals surface area contributed by atoms with Gasteiger partial charge < -0.3 is 34.6 Å². The molecule has 1 saturated heterocycles. The third-order valence-corrected chi connectivity index (χ3v) is 5.50. The number of aliphatic hydroxyl groups excluding tert-OH is 4. The lowest BCUT2D eigenvalue weighted by Gasteiger charge is -2.41. The van der Waals surface area contributed by atoms with Gasteiger partial charge in [-0.05, 0) is 43.0 Å². The average molecular weight is 433 g/mol. The Morgan fingerprint density at radius 2 is 1.61 bits per heavy atom. The second-order valence-corrected chi connectivity index (χ2v) is 7.85. The number of hydrogen-bond acceptors (Lipinski definition) is 7. The van der Waals surface area contributed by atoms with Crippen LogP contribution in [0, 0.1) is 0 Å². The lowest BCUT2D eigenvalue weighted by Crippen LogP contribution is -2.61. The Bertz CT molecular complexity index is 836. The van der Waals surface area contributed by atoms with Crippen LogP contribution in [0.15, 0.2) is 42.5 Å². The third kappa shape index (κ3) is 5.56. The van der Waals surface area contributed by atoms with Crippen LogP contribution in [0.1, 0.15) is 37.5 Å². The van der Waals surface area contributed by atoms with Crippen molar-refractivity contribution in [2.45, 2.75) is 70.4 Å². The highest BCUT2D eigenvalue weighted by atomic mass is 16.7. The minimum Gasteiger partial charge on any atom is -0.494 e. The van der Waals surface area contributed by atoms with Gasteiger partial charge in [0.05, 0.1) is 12.7 Å². The molecule has 0 bridgehead atoms. The zero-order valence-corrected chi connectivity index (χ0v) is 18.1. The van der Waals surface area contributed by atoms with Crippen LogP contribution in [-0.4, -0.2) is 63.8 Å². The minimum absolute atomic E-state index is 0.433. The van der Waals surface area contributed by atoms with Crippen molar-refractivity contribution in [2.24, 2.45) is 0 Å². The van der Waals surface area contributed by atoms with Crippen molar-refractivity contribution in [3.05, 3.63) is 59.2 Å². The van der Waals surface area contributed by atoms with Crippen molar-refractivity contribution in [2.75, 3.05) is 6.61 Å². The van der Waals surface area contributed by atoms with Crippen LogP contribution in [0.2, 0.25) is 0 Å². The number of rotatable bonds is 8. The fourth-order valence-electron chi connectivity index (χ4n) is 3.65. The Kier molecular flexibility index (Phi) is 7.91. The molecule has 6 atom stereocenters. The molecule has 7 heteroatoms. The first kappa shape index (κ1) is 23.5. The van der Waals surface area contributed by atoms with Gasteiger partial charge in [0, 0.05) is 12.5 Å². The van der Waals surface area contributed by atoms with Gasteiger partial charge in [-0.2, -0.15) is 0 Å². The van der Waals surface area contributed by atoms with Crippen molar-refractivity contribution in [1.29, 1.82) is 0 Å². The van der Waals surface area contributed by atoms with Gasteiger partial charge in [-0.1, -0.05) is 37.3 Å². The largest absolute Gasteiger partial charge is 0.494 e. The van der Waals surface area contributed by atoms with Gasteiger partial charge >= 0.3 is 0 Å². The van der Waals surface area contributed by atoms with Gasteiger partial charge in [0.15, 0.2) is 0 Å². The van der Waals surface area contributed by atoms with Crippen molar-refractivity contribution >= 4 is 0 Å². The van der Waals surface area contributed by atoms with Gasteiger partial charge in [-0.25, -0.2) is 0 Å². The van der Waals surface area contributed by atoms with E-state index in [0.717, 1.165) is 17.5 Å². The number of aryl methyl sites for hydroxylation is 1. The van der Waals surface area contributed by atoms with Crippen molar-refractivity contribution in [1.82, 2.24) is 0 Å². The molecular formula is C24H32O7. The average Bonchev–Trinajstić information content (AvgIpc) is 2.76. The molecule has 1 unspecified atom stereocenters. The van der Waals surface area contributed by atoms with E-state index in [2.05, 4.69) is 31.2 Å². The Hall–Kier alpha value is -2.16. The summed E-state index contributed by atoms with van der Waals surface area (Å²) in [7, 11) is 0. The molecule has 7 nitrogen and oxygen atoms in total. The van der Waals surface area contributed by atoms with E-state index in [1.807, 2.05) is 19.1 Å². The zero-order chi connectivity index (χ0) is 22.5. The van der Waals surface area contributed by atoms with Gasteiger partial charge in [-0.15, -0.1) is 0 Å². The number of benzene rings is 2. The molecule has 31 heavy (non-hydrogen) atoms. The maximum absolute atomic E-state index is 10.4. The van der Waals surface area contributed by atoms with E-state index in [1.54, 1.807) is 6.07 Å². The monoisotopic (exact) mass is 432 g/mol. The Morgan fingerprint density at radius 3 is 2.23 bits per heavy atom. The minimum atomic E-state index is -1.52. The van der Waals surface area contributed by atoms with Gasteiger partial charge in [0.1, 0.15) is 35.9 Å². The fourth-order valence-corrected chi connectivity index (χ4v) is 3.65. The van der Waals surface area contributed by atoms with E-state index in [9.17, 15) is 20.4 Å². The molecule has 4 N–H and O–H groups in total. The van der Waals surface area contributed by atoms with E-state index in [1.165, 1.54) is 12.5 Å². The van der Waals surface area contributed by atoms with Crippen molar-refractivity contribution < 1.29 is 34.6 Å². The summed E-state index contributed by atoms with van der Waals surface area (Å²) in [6.45, 7) is 5.91. The highest BCUT2D eigenvalue weighted by Gasteiger charge is 2.46. The predicted molar refractivity (Wildman–Crippen MR) is 115 cm³/mol. The van der Waals surface area contributed by atoms with Crippen LogP contribution < -0.4 is 9.47 Å². The Morgan fingerprint density at radius 1 is 0.935 bits per heavy atom. The second-order valence-electron chi connectivity index (χ2n) is 7.85. The lowest BCUT2D eigenvalue weighted by molar-refractivity contribution is -0.286. The molecule has 1 aliphatic rings. The standard InChI is InChI=1S/C24H32O7/c1-4-15-6-8-16(9-7-15)12-17-10-11-18(29-5-2)13-19(17)30-24-22(28)20(26)21(27)23(31-24)14(3)25/h6-11,13-14,20-28H,4-5,12H2,1-3H3/t14-,20+,21+,22-,23?,24-/m1/s1. The molecule has 0 radical (unpaired) electrons. The molecular weight excluding hydrogens is 400 g/mol. The van der Waals surface area contributed by atoms with E-state index < -0.39 is 36.8 Å². The third-order valence-electron chi connectivity index (χ3n) is 5.50. The van der Waals surface area contributed by atoms with Crippen LogP contribution in [0.5, 0.6) is 11.5 Å². The first-order chi connectivity index (χ1) is 14.8. The summed E-state index contributed by atoms with van der Waals surface area (Å²) in [4.78, 5) is 0. The van der Waals surface area contributed by atoms with Crippen LogP contribution in [0.25, 0.3) is 0 Å². The Labute approximate surface area is 182 Å². The highest BCUT2D eigenvalue weighted by Crippen LogP contribution is 2.32. The number of aliphatic hydroxyl groups is 4. The summed E-state index contributed by atoms with van der Waals surface area (Å²) in [5.41, 5.74) is 3.19. The normalized spacial score (nSPS) is 27.0. The van der Waals surface area contributed by atoms with Crippen LogP contribution >= 0.6 is 0 Å². The maximum Gasteiger partial charge on any atom is 0.229 e. The van der Waals surface area contributed by atoms with Crippen LogP contribution in [-0.2, 0) is 17.6 Å². The molecule has 170 valence electrons. The smallest absolute Gasteiger partial charge is 0.229 e. The zero-order valence-electron chi connectivity index (χ0n) is 18.1. The topological polar surface area (TPSA) is 109 Å². The second kappa shape index (κ2) is 10.4. The first-order valence-electron chi connectivity index (χ1n) is 10.7. The Balaban J connectivity index is 1.87. The lowest BCUT2D eigenvalue weighted by atomic mass is 9.96. The SMILES string of the molecule is CCOc1ccc(Cc2ccc(CC)cc2)c(O[C@@H]2OC([C@@H](C)O)[C@@H](O)[C@H](O)[C@H]2O)c1. The van der Waals surface area contributed by atoms with Gasteiger partial charge in [0.2, 0.25) is 6.29 Å². The summed E-state index contributed by atoms with van der Waals surface area (Å²) in [6.07, 6.45) is -6.31. The molecule has 1 aliphatic heterocycles. The van der Waals surface area contributed by atoms with Crippen molar-refractivity contribution in [3.8, 4) is 11.5 Å². The van der Waals surface area contributed by atoms with Gasteiger partial charge in [-0.3, -0.25) is 0 Å². The maximum atomic E-state index is 10.4. The summed E-state index contributed by atoms with van der Waals surface area (Å²) >= 11 is 0. The molecule has 0 spiro atoms. The van der Waals surface area contributed by atoms with E-state index >= 15 is 0 Å². The summed E-state index contributed by atoms with van der Waals surface area (Å²) in [5, 5.41) is 40.6. The molecule has 0 amide bonds. The molecule has 0 aromatic heterocycles. The number of ether oxygens (including phenoxy) is 3. The van der Waals surface area contributed by atoms with Crippen LogP contribution in [0.3, 0.4) is 0 Å². The van der Waals surface area contributed by atoms with E-state index in [0.29, 0.717) is 24.5 Å².